The smallest absolute Gasteiger partial charge is 0.303 e. The number of aliphatic carboxylic acids is 1. The lowest BCUT2D eigenvalue weighted by Crippen LogP contribution is -2.13. The SMILES string of the molecule is O=C(O)CCCC=CC[C@H]1CSC[C@H]1CCO. The Kier molecular flexibility index (Phi) is 7.37. The van der Waals surface area contributed by atoms with Gasteiger partial charge in [-0.2, -0.15) is 11.8 Å². The van der Waals surface area contributed by atoms with Crippen molar-refractivity contribution in [2.75, 3.05) is 18.1 Å². The van der Waals surface area contributed by atoms with Crippen LogP contribution in [0.2, 0.25) is 0 Å². The molecular weight excluding hydrogens is 236 g/mol. The molecule has 17 heavy (non-hydrogen) atoms. The third kappa shape index (κ3) is 6.13. The Labute approximate surface area is 107 Å². The zero-order valence-electron chi connectivity index (χ0n) is 10.2. The lowest BCUT2D eigenvalue weighted by Gasteiger charge is -2.15. The van der Waals surface area contributed by atoms with Crippen molar-refractivity contribution in [3.63, 3.8) is 0 Å². The topological polar surface area (TPSA) is 57.5 Å². The van der Waals surface area contributed by atoms with Crippen LogP contribution in [0.4, 0.5) is 0 Å². The summed E-state index contributed by atoms with van der Waals surface area (Å²) in [5.74, 6) is 3.02. The summed E-state index contributed by atoms with van der Waals surface area (Å²) in [6, 6.07) is 0. The third-order valence-corrected chi connectivity index (χ3v) is 4.53. The second-order valence-electron chi connectivity index (χ2n) is 4.56. The normalized spacial score (nSPS) is 24.5. The highest BCUT2D eigenvalue weighted by molar-refractivity contribution is 7.99. The Balaban J connectivity index is 2.12. The van der Waals surface area contributed by atoms with Crippen LogP contribution < -0.4 is 0 Å². The fourth-order valence-corrected chi connectivity index (χ4v) is 3.74. The van der Waals surface area contributed by atoms with E-state index in [0.29, 0.717) is 18.4 Å². The van der Waals surface area contributed by atoms with Crippen LogP contribution in [0, 0.1) is 11.8 Å². The number of aliphatic hydroxyl groups excluding tert-OH is 1. The van der Waals surface area contributed by atoms with Crippen LogP contribution in [0.15, 0.2) is 12.2 Å². The van der Waals surface area contributed by atoms with Gasteiger partial charge in [0.05, 0.1) is 0 Å². The maximum Gasteiger partial charge on any atom is 0.303 e. The highest BCUT2D eigenvalue weighted by Gasteiger charge is 2.25. The molecule has 1 aliphatic rings. The average Bonchev–Trinajstić information content (AvgIpc) is 2.71. The maximum atomic E-state index is 10.3. The Morgan fingerprint density at radius 1 is 1.29 bits per heavy atom. The molecule has 0 saturated carbocycles. The van der Waals surface area contributed by atoms with Crippen LogP contribution >= 0.6 is 11.8 Å². The molecule has 98 valence electrons. The number of aliphatic hydroxyl groups is 1. The summed E-state index contributed by atoms with van der Waals surface area (Å²) in [7, 11) is 0. The average molecular weight is 258 g/mol. The van der Waals surface area contributed by atoms with Gasteiger partial charge in [0, 0.05) is 13.0 Å². The maximum absolute atomic E-state index is 10.3. The van der Waals surface area contributed by atoms with E-state index in [4.69, 9.17) is 10.2 Å². The third-order valence-electron chi connectivity index (χ3n) is 3.20. The van der Waals surface area contributed by atoms with Gasteiger partial charge in [-0.25, -0.2) is 0 Å². The molecule has 0 aromatic heterocycles. The summed E-state index contributed by atoms with van der Waals surface area (Å²) >= 11 is 1.98. The van der Waals surface area contributed by atoms with Crippen molar-refractivity contribution in [1.82, 2.24) is 0 Å². The van der Waals surface area contributed by atoms with Gasteiger partial charge in [-0.15, -0.1) is 0 Å². The zero-order valence-corrected chi connectivity index (χ0v) is 11.0. The molecule has 1 fully saturated rings. The van der Waals surface area contributed by atoms with Crippen molar-refractivity contribution < 1.29 is 15.0 Å². The number of hydrogen-bond donors (Lipinski definition) is 2. The second kappa shape index (κ2) is 8.59. The molecular formula is C13H22O3S. The van der Waals surface area contributed by atoms with Crippen LogP contribution in [0.3, 0.4) is 0 Å². The molecule has 2 N–H and O–H groups in total. The van der Waals surface area contributed by atoms with Gasteiger partial charge in [0.25, 0.3) is 0 Å². The van der Waals surface area contributed by atoms with Crippen molar-refractivity contribution in [3.8, 4) is 0 Å². The Hall–Kier alpha value is -0.480. The molecule has 0 radical (unpaired) electrons. The predicted octanol–water partition coefficient (Wildman–Crippen LogP) is 2.55. The number of carboxylic acid groups (broad SMARTS) is 1. The van der Waals surface area contributed by atoms with Gasteiger partial charge in [-0.3, -0.25) is 4.79 Å². The number of unbranched alkanes of at least 4 members (excludes halogenated alkanes) is 1. The first-order valence-electron chi connectivity index (χ1n) is 6.29. The van der Waals surface area contributed by atoms with Crippen LogP contribution in [0.5, 0.6) is 0 Å². The number of allylic oxidation sites excluding steroid dienone is 2. The number of rotatable bonds is 8. The van der Waals surface area contributed by atoms with Crippen LogP contribution in [0.25, 0.3) is 0 Å². The van der Waals surface area contributed by atoms with E-state index in [1.54, 1.807) is 0 Å². The monoisotopic (exact) mass is 258 g/mol. The number of thioether (sulfide) groups is 1. The molecule has 1 heterocycles. The summed E-state index contributed by atoms with van der Waals surface area (Å²) < 4.78 is 0. The molecule has 0 spiro atoms. The van der Waals surface area contributed by atoms with E-state index in [9.17, 15) is 4.79 Å². The summed E-state index contributed by atoms with van der Waals surface area (Å²) in [4.78, 5) is 10.3. The van der Waals surface area contributed by atoms with E-state index in [1.807, 2.05) is 11.8 Å². The van der Waals surface area contributed by atoms with Gasteiger partial charge in [0.1, 0.15) is 0 Å². The van der Waals surface area contributed by atoms with E-state index in [2.05, 4.69) is 12.2 Å². The molecule has 1 saturated heterocycles. The highest BCUT2D eigenvalue weighted by Crippen LogP contribution is 2.34. The second-order valence-corrected chi connectivity index (χ2v) is 5.64. The predicted molar refractivity (Wildman–Crippen MR) is 71.3 cm³/mol. The lowest BCUT2D eigenvalue weighted by molar-refractivity contribution is -0.137. The van der Waals surface area contributed by atoms with Crippen molar-refractivity contribution in [3.05, 3.63) is 12.2 Å². The first kappa shape index (κ1) is 14.6. The molecule has 1 aliphatic heterocycles. The highest BCUT2D eigenvalue weighted by atomic mass is 32.2. The molecule has 0 aromatic rings. The first-order chi connectivity index (χ1) is 8.24. The van der Waals surface area contributed by atoms with Crippen molar-refractivity contribution >= 4 is 17.7 Å². The van der Waals surface area contributed by atoms with Gasteiger partial charge in [-0.05, 0) is 49.0 Å². The van der Waals surface area contributed by atoms with Crippen LogP contribution in [0.1, 0.15) is 32.1 Å². The summed E-state index contributed by atoms with van der Waals surface area (Å²) in [6.07, 6.45) is 8.12. The molecule has 3 nitrogen and oxygen atoms in total. The van der Waals surface area contributed by atoms with Gasteiger partial charge in [0.15, 0.2) is 0 Å². The van der Waals surface area contributed by atoms with Gasteiger partial charge in [-0.1, -0.05) is 12.2 Å². The van der Waals surface area contributed by atoms with Gasteiger partial charge >= 0.3 is 5.97 Å². The van der Waals surface area contributed by atoms with Crippen LogP contribution in [-0.2, 0) is 4.79 Å². The van der Waals surface area contributed by atoms with E-state index in [1.165, 1.54) is 11.5 Å². The van der Waals surface area contributed by atoms with E-state index >= 15 is 0 Å². The lowest BCUT2D eigenvalue weighted by atomic mass is 9.90. The first-order valence-corrected chi connectivity index (χ1v) is 7.45. The standard InChI is InChI=1S/C13H22O3S/c14-8-7-12-10-17-9-11(12)5-3-1-2-4-6-13(15)16/h1,3,11-12,14H,2,4-10H2,(H,15,16)/t11-,12+/m0/s1. The fourth-order valence-electron chi connectivity index (χ4n) is 2.15. The quantitative estimate of drug-likeness (QED) is 0.519. The summed E-state index contributed by atoms with van der Waals surface area (Å²) in [5.41, 5.74) is 0. The fraction of sp³-hybridized carbons (Fsp3) is 0.769. The zero-order chi connectivity index (χ0) is 12.5. The Bertz CT molecular complexity index is 253. The van der Waals surface area contributed by atoms with Gasteiger partial charge in [0.2, 0.25) is 0 Å². The molecule has 0 aromatic carbocycles. The molecule has 4 heteroatoms. The Morgan fingerprint density at radius 2 is 2.06 bits per heavy atom. The van der Waals surface area contributed by atoms with E-state index in [-0.39, 0.29) is 6.42 Å². The molecule has 2 atom stereocenters. The van der Waals surface area contributed by atoms with Crippen LogP contribution in [-0.4, -0.2) is 34.3 Å². The van der Waals surface area contributed by atoms with E-state index < -0.39 is 5.97 Å². The molecule has 1 rings (SSSR count). The molecule has 0 amide bonds. The van der Waals surface area contributed by atoms with Crippen molar-refractivity contribution in [2.24, 2.45) is 11.8 Å². The summed E-state index contributed by atoms with van der Waals surface area (Å²) in [6.45, 7) is 0.296. The minimum atomic E-state index is -0.714. The van der Waals surface area contributed by atoms with Gasteiger partial charge < -0.3 is 10.2 Å². The number of hydrogen-bond acceptors (Lipinski definition) is 3. The van der Waals surface area contributed by atoms with Crippen molar-refractivity contribution in [2.45, 2.75) is 32.1 Å². The Morgan fingerprint density at radius 3 is 2.76 bits per heavy atom. The number of carbonyl (C=O) groups is 1. The molecule has 0 bridgehead atoms. The molecule has 0 unspecified atom stereocenters. The minimum absolute atomic E-state index is 0.261. The van der Waals surface area contributed by atoms with Crippen molar-refractivity contribution in [1.29, 1.82) is 0 Å². The molecule has 0 aliphatic carbocycles. The largest absolute Gasteiger partial charge is 0.481 e. The summed E-state index contributed by atoms with van der Waals surface area (Å²) in [5, 5.41) is 17.4. The minimum Gasteiger partial charge on any atom is -0.481 e. The van der Waals surface area contributed by atoms with E-state index in [0.717, 1.165) is 25.7 Å². The number of carboxylic acids is 1.